The highest BCUT2D eigenvalue weighted by Gasteiger charge is 2.61. The van der Waals surface area contributed by atoms with E-state index in [1.807, 2.05) is 5.32 Å². The third kappa shape index (κ3) is 3.28. The van der Waals surface area contributed by atoms with Crippen molar-refractivity contribution in [2.24, 2.45) is 5.92 Å². The van der Waals surface area contributed by atoms with Gasteiger partial charge in [-0.3, -0.25) is 10.1 Å². The minimum atomic E-state index is -2.85. The molecule has 1 heterocycles. The second-order valence-corrected chi connectivity index (χ2v) is 6.70. The van der Waals surface area contributed by atoms with Gasteiger partial charge in [-0.15, -0.1) is 0 Å². The zero-order valence-corrected chi connectivity index (χ0v) is 12.6. The molecular formula is C13H19F2N3O4. The molecule has 1 unspecified atom stereocenters. The maximum atomic E-state index is 13.1. The van der Waals surface area contributed by atoms with Gasteiger partial charge in [-0.25, -0.2) is 18.4 Å². The van der Waals surface area contributed by atoms with Crippen LogP contribution in [-0.4, -0.2) is 41.6 Å². The van der Waals surface area contributed by atoms with Crippen LogP contribution in [0.3, 0.4) is 0 Å². The summed E-state index contributed by atoms with van der Waals surface area (Å²) in [5.41, 5.74) is -2.29. The number of imide groups is 1. The van der Waals surface area contributed by atoms with Crippen LogP contribution in [0, 0.1) is 5.92 Å². The Morgan fingerprint density at radius 2 is 1.95 bits per heavy atom. The average Bonchev–Trinajstić information content (AvgIpc) is 2.57. The molecule has 124 valence electrons. The van der Waals surface area contributed by atoms with Crippen LogP contribution in [0.25, 0.3) is 0 Å². The summed E-state index contributed by atoms with van der Waals surface area (Å²) < 4.78 is 31.2. The summed E-state index contributed by atoms with van der Waals surface area (Å²) in [6.07, 6.45) is -1.82. The van der Waals surface area contributed by atoms with Crippen LogP contribution in [0.2, 0.25) is 0 Å². The summed E-state index contributed by atoms with van der Waals surface area (Å²) >= 11 is 0. The van der Waals surface area contributed by atoms with E-state index in [0.29, 0.717) is 0 Å². The van der Waals surface area contributed by atoms with Gasteiger partial charge in [-0.1, -0.05) is 0 Å². The monoisotopic (exact) mass is 319 g/mol. The maximum Gasteiger partial charge on any atom is 0.407 e. The summed E-state index contributed by atoms with van der Waals surface area (Å²) in [7, 11) is 0. The predicted octanol–water partition coefficient (Wildman–Crippen LogP) is 1.13. The molecule has 0 aromatic heterocycles. The van der Waals surface area contributed by atoms with Gasteiger partial charge in [0.1, 0.15) is 11.1 Å². The number of halogens is 2. The number of hydrogen-bond donors (Lipinski definition) is 3. The van der Waals surface area contributed by atoms with E-state index in [2.05, 4.69) is 10.6 Å². The van der Waals surface area contributed by atoms with Gasteiger partial charge in [-0.05, 0) is 20.8 Å². The zero-order valence-electron chi connectivity index (χ0n) is 12.6. The number of ether oxygens (including phenoxy) is 1. The molecule has 0 bridgehead atoms. The summed E-state index contributed by atoms with van der Waals surface area (Å²) in [6.45, 7) is 4.69. The normalized spacial score (nSPS) is 27.7. The van der Waals surface area contributed by atoms with Crippen molar-refractivity contribution in [2.45, 2.75) is 50.7 Å². The molecule has 9 heteroatoms. The number of amides is 4. The standard InChI is InChI=1S/C13H19F2N3O4/c1-11(2,3)22-10(21)16-6-13(7-4-12(14,15)5-7)8(19)17-9(20)18-13/h7H,4-6H2,1-3H3,(H,16,21)(H2,17,18,19,20). The van der Waals surface area contributed by atoms with E-state index in [9.17, 15) is 23.2 Å². The predicted molar refractivity (Wildman–Crippen MR) is 71.3 cm³/mol. The third-order valence-electron chi connectivity index (χ3n) is 3.67. The quantitative estimate of drug-likeness (QED) is 0.680. The van der Waals surface area contributed by atoms with Gasteiger partial charge >= 0.3 is 12.1 Å². The van der Waals surface area contributed by atoms with Gasteiger partial charge in [0.25, 0.3) is 5.91 Å². The first-order valence-corrected chi connectivity index (χ1v) is 6.92. The van der Waals surface area contributed by atoms with Gasteiger partial charge in [-0.2, -0.15) is 0 Å². The van der Waals surface area contributed by atoms with Crippen molar-refractivity contribution in [3.8, 4) is 0 Å². The number of carbonyl (C=O) groups is 3. The van der Waals surface area contributed by atoms with Crippen molar-refractivity contribution >= 4 is 18.0 Å². The molecule has 1 saturated heterocycles. The SMILES string of the molecule is CC(C)(C)OC(=O)NCC1(C2CC(F)(F)C2)NC(=O)NC1=O. The lowest BCUT2D eigenvalue weighted by molar-refractivity contribution is -0.148. The Bertz CT molecular complexity index is 510. The van der Waals surface area contributed by atoms with Crippen molar-refractivity contribution < 1.29 is 27.9 Å². The van der Waals surface area contributed by atoms with Crippen LogP contribution < -0.4 is 16.0 Å². The molecule has 2 fully saturated rings. The third-order valence-corrected chi connectivity index (χ3v) is 3.67. The molecule has 0 radical (unpaired) electrons. The van der Waals surface area contributed by atoms with E-state index in [-0.39, 0.29) is 6.54 Å². The van der Waals surface area contributed by atoms with Gasteiger partial charge < -0.3 is 15.4 Å². The van der Waals surface area contributed by atoms with Gasteiger partial charge in [0.15, 0.2) is 0 Å². The number of alkyl halides is 2. The molecule has 22 heavy (non-hydrogen) atoms. The van der Waals surface area contributed by atoms with E-state index < -0.39 is 53.9 Å². The lowest BCUT2D eigenvalue weighted by Gasteiger charge is -2.44. The number of hydrogen-bond acceptors (Lipinski definition) is 4. The highest BCUT2D eigenvalue weighted by molar-refractivity contribution is 6.07. The lowest BCUT2D eigenvalue weighted by atomic mass is 9.68. The molecule has 1 saturated carbocycles. The number of nitrogens with one attached hydrogen (secondary N) is 3. The van der Waals surface area contributed by atoms with E-state index in [0.717, 1.165) is 0 Å². The fourth-order valence-electron chi connectivity index (χ4n) is 2.60. The summed E-state index contributed by atoms with van der Waals surface area (Å²) in [4.78, 5) is 35.1. The van der Waals surface area contributed by atoms with Crippen LogP contribution >= 0.6 is 0 Å². The van der Waals surface area contributed by atoms with E-state index in [1.165, 1.54) is 0 Å². The fraction of sp³-hybridized carbons (Fsp3) is 0.769. The molecule has 7 nitrogen and oxygen atoms in total. The Morgan fingerprint density at radius 1 is 1.36 bits per heavy atom. The minimum absolute atomic E-state index is 0.305. The van der Waals surface area contributed by atoms with Crippen LogP contribution in [0.4, 0.5) is 18.4 Å². The molecule has 2 rings (SSSR count). The average molecular weight is 319 g/mol. The fourth-order valence-corrected chi connectivity index (χ4v) is 2.60. The van der Waals surface area contributed by atoms with Crippen molar-refractivity contribution in [3.63, 3.8) is 0 Å². The molecule has 1 atom stereocenters. The van der Waals surface area contributed by atoms with Crippen LogP contribution in [0.15, 0.2) is 0 Å². The Morgan fingerprint density at radius 3 is 2.36 bits per heavy atom. The number of urea groups is 1. The van der Waals surface area contributed by atoms with Crippen molar-refractivity contribution in [2.75, 3.05) is 6.54 Å². The van der Waals surface area contributed by atoms with Gasteiger partial charge in [0.05, 0.1) is 6.54 Å². The van der Waals surface area contributed by atoms with Crippen LogP contribution in [0.5, 0.6) is 0 Å². The topological polar surface area (TPSA) is 96.5 Å². The van der Waals surface area contributed by atoms with Crippen molar-refractivity contribution in [1.29, 1.82) is 0 Å². The second-order valence-electron chi connectivity index (χ2n) is 6.70. The smallest absolute Gasteiger partial charge is 0.407 e. The zero-order chi connectivity index (χ0) is 16.8. The summed E-state index contributed by atoms with van der Waals surface area (Å²) in [5, 5.41) is 6.77. The van der Waals surface area contributed by atoms with E-state index in [1.54, 1.807) is 20.8 Å². The first kappa shape index (κ1) is 16.4. The van der Waals surface area contributed by atoms with Crippen molar-refractivity contribution in [3.05, 3.63) is 0 Å². The minimum Gasteiger partial charge on any atom is -0.444 e. The first-order valence-electron chi connectivity index (χ1n) is 6.92. The number of carbonyl (C=O) groups excluding carboxylic acids is 3. The first-order chi connectivity index (χ1) is 9.93. The molecule has 0 aromatic carbocycles. The highest BCUT2D eigenvalue weighted by atomic mass is 19.3. The van der Waals surface area contributed by atoms with Crippen molar-refractivity contribution in [1.82, 2.24) is 16.0 Å². The molecule has 1 aliphatic heterocycles. The molecule has 4 amide bonds. The Hall–Kier alpha value is -1.93. The Labute approximate surface area is 126 Å². The van der Waals surface area contributed by atoms with Gasteiger partial charge in [0, 0.05) is 18.8 Å². The number of alkyl carbamates (subject to hydrolysis) is 1. The Kier molecular flexibility index (Phi) is 3.78. The summed E-state index contributed by atoms with van der Waals surface area (Å²) in [6, 6.07) is -0.758. The largest absolute Gasteiger partial charge is 0.444 e. The molecule has 2 aliphatic rings. The maximum absolute atomic E-state index is 13.1. The summed E-state index contributed by atoms with van der Waals surface area (Å²) in [5.74, 6) is -4.31. The van der Waals surface area contributed by atoms with Gasteiger partial charge in [0.2, 0.25) is 5.92 Å². The molecule has 3 N–H and O–H groups in total. The number of rotatable bonds is 3. The molecule has 1 aliphatic carbocycles. The molecule has 0 spiro atoms. The Balaban J connectivity index is 2.06. The van der Waals surface area contributed by atoms with Crippen LogP contribution in [0.1, 0.15) is 33.6 Å². The highest BCUT2D eigenvalue weighted by Crippen LogP contribution is 2.48. The lowest BCUT2D eigenvalue weighted by Crippen LogP contribution is -2.65. The van der Waals surface area contributed by atoms with Crippen LogP contribution in [-0.2, 0) is 9.53 Å². The molecule has 0 aromatic rings. The van der Waals surface area contributed by atoms with E-state index >= 15 is 0 Å². The molecular weight excluding hydrogens is 300 g/mol. The van der Waals surface area contributed by atoms with E-state index in [4.69, 9.17) is 4.74 Å². The second kappa shape index (κ2) is 5.06.